The zero-order valence-corrected chi connectivity index (χ0v) is 13.4. The number of aromatic nitrogens is 1. The van der Waals surface area contributed by atoms with Gasteiger partial charge in [-0.25, -0.2) is 0 Å². The number of carbonyl (C=O) groups excluding carboxylic acids is 1. The van der Waals surface area contributed by atoms with Gasteiger partial charge >= 0.3 is 0 Å². The topological polar surface area (TPSA) is 67.0 Å². The fourth-order valence-corrected chi connectivity index (χ4v) is 2.47. The van der Waals surface area contributed by atoms with Crippen molar-refractivity contribution < 1.29 is 9.53 Å². The lowest BCUT2D eigenvalue weighted by molar-refractivity contribution is -0.116. The number of aryl methyl sites for hydroxylation is 1. The molecule has 0 aliphatic heterocycles. The lowest BCUT2D eigenvalue weighted by Crippen LogP contribution is -2.24. The number of amides is 1. The molecule has 1 aromatic heterocycles. The zero-order valence-electron chi connectivity index (χ0n) is 13.4. The van der Waals surface area contributed by atoms with E-state index < -0.39 is 5.91 Å². The van der Waals surface area contributed by atoms with E-state index in [1.54, 1.807) is 13.2 Å². The molecule has 0 aliphatic rings. The Morgan fingerprint density at radius 1 is 1.59 bits per heavy atom. The molecule has 0 saturated carbocycles. The molecule has 22 heavy (non-hydrogen) atoms. The van der Waals surface area contributed by atoms with Gasteiger partial charge in [0.1, 0.15) is 11.6 Å². The first kappa shape index (κ1) is 17.6. The van der Waals surface area contributed by atoms with Gasteiger partial charge in [0, 0.05) is 18.5 Å². The first-order chi connectivity index (χ1) is 10.5. The van der Waals surface area contributed by atoms with Crippen molar-refractivity contribution in [3.8, 4) is 18.4 Å². The second kappa shape index (κ2) is 8.07. The first-order valence-corrected chi connectivity index (χ1v) is 6.97. The van der Waals surface area contributed by atoms with Crippen molar-refractivity contribution in [2.24, 2.45) is 0 Å². The number of hydrogen-bond acceptors (Lipinski definition) is 3. The highest BCUT2D eigenvalue weighted by Crippen LogP contribution is 2.22. The van der Waals surface area contributed by atoms with Crippen LogP contribution in [0.5, 0.6) is 0 Å². The molecule has 1 atom stereocenters. The second-order valence-corrected chi connectivity index (χ2v) is 5.06. The highest BCUT2D eigenvalue weighted by molar-refractivity contribution is 6.01. The van der Waals surface area contributed by atoms with E-state index in [0.29, 0.717) is 6.61 Å². The van der Waals surface area contributed by atoms with Crippen molar-refractivity contribution in [3.63, 3.8) is 0 Å². The summed E-state index contributed by atoms with van der Waals surface area (Å²) in [6.45, 7) is 6.69. The number of hydrogen-bond donors (Lipinski definition) is 1. The van der Waals surface area contributed by atoms with E-state index in [0.717, 1.165) is 17.0 Å². The Morgan fingerprint density at radius 3 is 2.82 bits per heavy atom. The number of carbonyl (C=O) groups is 1. The van der Waals surface area contributed by atoms with Gasteiger partial charge in [-0.15, -0.1) is 6.42 Å². The first-order valence-electron chi connectivity index (χ1n) is 6.97. The maximum atomic E-state index is 11.9. The molecule has 1 amide bonds. The van der Waals surface area contributed by atoms with E-state index in [1.165, 1.54) is 0 Å². The predicted octanol–water partition coefficient (Wildman–Crippen LogP) is 1.97. The SMILES string of the molecule is C#CCNC(=O)/C(C#N)=C/c1cc(C)n(C(C)COC)c1C. The second-order valence-electron chi connectivity index (χ2n) is 5.06. The largest absolute Gasteiger partial charge is 0.383 e. The maximum absolute atomic E-state index is 11.9. The molecule has 1 rings (SSSR count). The highest BCUT2D eigenvalue weighted by atomic mass is 16.5. The van der Waals surface area contributed by atoms with Crippen LogP contribution < -0.4 is 5.32 Å². The van der Waals surface area contributed by atoms with E-state index in [-0.39, 0.29) is 18.2 Å². The third-order valence-electron chi connectivity index (χ3n) is 3.39. The number of ether oxygens (including phenoxy) is 1. The molecule has 0 spiro atoms. The van der Waals surface area contributed by atoms with Crippen molar-refractivity contribution in [1.82, 2.24) is 9.88 Å². The highest BCUT2D eigenvalue weighted by Gasteiger charge is 2.15. The van der Waals surface area contributed by atoms with Gasteiger partial charge in [-0.2, -0.15) is 5.26 Å². The minimum Gasteiger partial charge on any atom is -0.383 e. The van der Waals surface area contributed by atoms with Gasteiger partial charge in [-0.3, -0.25) is 4.79 Å². The van der Waals surface area contributed by atoms with Crippen LogP contribution in [0.2, 0.25) is 0 Å². The minimum absolute atomic E-state index is 0.0369. The molecule has 0 aliphatic carbocycles. The van der Waals surface area contributed by atoms with Crippen molar-refractivity contribution in [2.75, 3.05) is 20.3 Å². The fourth-order valence-electron chi connectivity index (χ4n) is 2.47. The van der Waals surface area contributed by atoms with Gasteiger partial charge < -0.3 is 14.6 Å². The van der Waals surface area contributed by atoms with Gasteiger partial charge in [0.2, 0.25) is 0 Å². The van der Waals surface area contributed by atoms with Crippen LogP contribution in [0.15, 0.2) is 11.6 Å². The molecule has 1 aromatic rings. The Labute approximate surface area is 131 Å². The van der Waals surface area contributed by atoms with Gasteiger partial charge in [0.25, 0.3) is 5.91 Å². The summed E-state index contributed by atoms with van der Waals surface area (Å²) in [6, 6.07) is 4.04. The van der Waals surface area contributed by atoms with Crippen LogP contribution in [0.4, 0.5) is 0 Å². The number of nitriles is 1. The number of methoxy groups -OCH3 is 1. The Morgan fingerprint density at radius 2 is 2.27 bits per heavy atom. The third-order valence-corrected chi connectivity index (χ3v) is 3.39. The summed E-state index contributed by atoms with van der Waals surface area (Å²) >= 11 is 0. The van der Waals surface area contributed by atoms with Crippen LogP contribution in [0.25, 0.3) is 6.08 Å². The van der Waals surface area contributed by atoms with Crippen LogP contribution in [0.1, 0.15) is 29.9 Å². The smallest absolute Gasteiger partial charge is 0.262 e. The molecule has 5 heteroatoms. The van der Waals surface area contributed by atoms with Gasteiger partial charge in [0.05, 0.1) is 19.2 Å². The Bertz CT molecular complexity index is 657. The van der Waals surface area contributed by atoms with E-state index in [9.17, 15) is 4.79 Å². The summed E-state index contributed by atoms with van der Waals surface area (Å²) in [5.74, 6) is 1.85. The van der Waals surface area contributed by atoms with Crippen LogP contribution >= 0.6 is 0 Å². The molecule has 1 N–H and O–H groups in total. The van der Waals surface area contributed by atoms with Gasteiger partial charge in [-0.1, -0.05) is 5.92 Å². The van der Waals surface area contributed by atoms with Gasteiger partial charge in [0.15, 0.2) is 0 Å². The molecule has 116 valence electrons. The fraction of sp³-hybridized carbons (Fsp3) is 0.412. The van der Waals surface area contributed by atoms with Crippen LogP contribution in [-0.4, -0.2) is 30.7 Å². The van der Waals surface area contributed by atoms with Crippen LogP contribution in [-0.2, 0) is 9.53 Å². The van der Waals surface area contributed by atoms with Gasteiger partial charge in [-0.05, 0) is 38.5 Å². The normalized spacial score (nSPS) is 12.4. The van der Waals surface area contributed by atoms with Crippen molar-refractivity contribution in [3.05, 3.63) is 28.6 Å². The molecule has 5 nitrogen and oxygen atoms in total. The summed E-state index contributed by atoms with van der Waals surface area (Å²) in [5, 5.41) is 11.7. The average molecular weight is 299 g/mol. The predicted molar refractivity (Wildman–Crippen MR) is 85.9 cm³/mol. The molecule has 0 bridgehead atoms. The van der Waals surface area contributed by atoms with E-state index in [1.807, 2.05) is 26.0 Å². The summed E-state index contributed by atoms with van der Waals surface area (Å²) in [5.41, 5.74) is 2.91. The number of nitrogens with zero attached hydrogens (tertiary/aromatic N) is 2. The summed E-state index contributed by atoms with van der Waals surface area (Å²) in [6.07, 6.45) is 6.69. The summed E-state index contributed by atoms with van der Waals surface area (Å²) in [4.78, 5) is 11.9. The van der Waals surface area contributed by atoms with E-state index in [4.69, 9.17) is 16.4 Å². The molecular weight excluding hydrogens is 278 g/mol. The molecular formula is C17H21N3O2. The van der Waals surface area contributed by atoms with Crippen molar-refractivity contribution in [2.45, 2.75) is 26.8 Å². The van der Waals surface area contributed by atoms with Crippen molar-refractivity contribution in [1.29, 1.82) is 5.26 Å². The summed E-state index contributed by atoms with van der Waals surface area (Å²) < 4.78 is 7.32. The number of rotatable bonds is 6. The zero-order chi connectivity index (χ0) is 16.7. The lowest BCUT2D eigenvalue weighted by atomic mass is 10.1. The Hall–Kier alpha value is -2.50. The molecule has 1 unspecified atom stereocenters. The molecule has 0 saturated heterocycles. The molecule has 1 heterocycles. The van der Waals surface area contributed by atoms with E-state index >= 15 is 0 Å². The van der Waals surface area contributed by atoms with E-state index in [2.05, 4.69) is 22.7 Å². The monoisotopic (exact) mass is 299 g/mol. The quantitative estimate of drug-likeness (QED) is 0.496. The van der Waals surface area contributed by atoms with Crippen LogP contribution in [0, 0.1) is 37.5 Å². The Balaban J connectivity index is 3.15. The summed E-state index contributed by atoms with van der Waals surface area (Å²) in [7, 11) is 1.66. The average Bonchev–Trinajstić information content (AvgIpc) is 2.76. The Kier molecular flexibility index (Phi) is 6.44. The maximum Gasteiger partial charge on any atom is 0.262 e. The number of nitrogens with one attached hydrogen (secondary N) is 1. The minimum atomic E-state index is -0.463. The number of terminal acetylenes is 1. The molecule has 0 radical (unpaired) electrons. The third kappa shape index (κ3) is 4.00. The lowest BCUT2D eigenvalue weighted by Gasteiger charge is -2.17. The van der Waals surface area contributed by atoms with Crippen molar-refractivity contribution >= 4 is 12.0 Å². The molecule has 0 fully saturated rings. The van der Waals surface area contributed by atoms with Crippen LogP contribution in [0.3, 0.4) is 0 Å². The molecule has 0 aromatic carbocycles. The standard InChI is InChI=1S/C17H21N3O2/c1-6-7-19-17(21)16(10-18)9-15-8-12(2)20(14(15)4)13(3)11-22-5/h1,8-9,13H,7,11H2,2-5H3,(H,19,21)/b16-9+.